The van der Waals surface area contributed by atoms with Gasteiger partial charge in [0.25, 0.3) is 0 Å². The van der Waals surface area contributed by atoms with Gasteiger partial charge in [-0.2, -0.15) is 0 Å². The highest BCUT2D eigenvalue weighted by atomic mass is 15.3. The first-order chi connectivity index (χ1) is 8.33. The Morgan fingerprint density at radius 1 is 0.941 bits per heavy atom. The summed E-state index contributed by atoms with van der Waals surface area (Å²) in [6.07, 6.45) is 8.63. The van der Waals surface area contributed by atoms with Crippen LogP contribution in [-0.2, 0) is 19.5 Å². The number of hydrogen-bond donors (Lipinski definition) is 1. The predicted octanol–water partition coefficient (Wildman–Crippen LogP) is 2.66. The van der Waals surface area contributed by atoms with Gasteiger partial charge in [0.1, 0.15) is 11.6 Å². The normalized spacial score (nSPS) is 11.0. The van der Waals surface area contributed by atoms with E-state index >= 15 is 0 Å². The Kier molecular flexibility index (Phi) is 6.86. The molecule has 0 radical (unpaired) electrons. The van der Waals surface area contributed by atoms with Crippen LogP contribution in [0, 0.1) is 0 Å². The summed E-state index contributed by atoms with van der Waals surface area (Å²) in [4.78, 5) is 0. The molecule has 0 aromatic carbocycles. The van der Waals surface area contributed by atoms with Crippen LogP contribution < -0.4 is 5.73 Å². The minimum absolute atomic E-state index is 0.489. The lowest BCUT2D eigenvalue weighted by Crippen LogP contribution is -2.11. The van der Waals surface area contributed by atoms with Gasteiger partial charge >= 0.3 is 0 Å². The van der Waals surface area contributed by atoms with Crippen LogP contribution in [0.3, 0.4) is 0 Å². The molecule has 0 saturated heterocycles. The predicted molar refractivity (Wildman–Crippen MR) is 70.7 cm³/mol. The highest BCUT2D eigenvalue weighted by Crippen LogP contribution is 2.09. The molecule has 1 aromatic rings. The Morgan fingerprint density at radius 3 is 2.29 bits per heavy atom. The molecule has 98 valence electrons. The second kappa shape index (κ2) is 8.23. The van der Waals surface area contributed by atoms with Crippen molar-refractivity contribution in [3.63, 3.8) is 0 Å². The lowest BCUT2D eigenvalue weighted by molar-refractivity contribution is 0.575. The van der Waals surface area contributed by atoms with Crippen molar-refractivity contribution in [2.75, 3.05) is 0 Å². The summed E-state index contributed by atoms with van der Waals surface area (Å²) in [5.41, 5.74) is 5.67. The number of unbranched alkanes of at least 4 members (excludes halogenated alkanes) is 4. The van der Waals surface area contributed by atoms with E-state index in [1.54, 1.807) is 0 Å². The number of nitrogens with two attached hydrogens (primary N) is 1. The number of aromatic nitrogens is 3. The van der Waals surface area contributed by atoms with Gasteiger partial charge in [0.05, 0.1) is 6.54 Å². The number of nitrogens with zero attached hydrogens (tertiary/aromatic N) is 3. The molecule has 17 heavy (non-hydrogen) atoms. The molecule has 0 aliphatic carbocycles. The number of aryl methyl sites for hydroxylation is 1. The molecular weight excluding hydrogens is 212 g/mol. The van der Waals surface area contributed by atoms with Crippen LogP contribution in [0.2, 0.25) is 0 Å². The summed E-state index contributed by atoms with van der Waals surface area (Å²) >= 11 is 0. The topological polar surface area (TPSA) is 56.7 Å². The van der Waals surface area contributed by atoms with E-state index in [0.717, 1.165) is 31.0 Å². The minimum atomic E-state index is 0.489. The van der Waals surface area contributed by atoms with Crippen molar-refractivity contribution >= 4 is 0 Å². The standard InChI is InChI=1S/C13H26N4/c1-3-5-6-7-8-9-12-15-16-13(11-14)17(12)10-4-2/h3-11,14H2,1-2H3. The molecule has 1 heterocycles. The van der Waals surface area contributed by atoms with Crippen molar-refractivity contribution in [2.24, 2.45) is 5.73 Å². The molecule has 4 heteroatoms. The van der Waals surface area contributed by atoms with Crippen LogP contribution in [0.4, 0.5) is 0 Å². The summed E-state index contributed by atoms with van der Waals surface area (Å²) in [6.45, 7) is 5.89. The quantitative estimate of drug-likeness (QED) is 0.673. The zero-order valence-electron chi connectivity index (χ0n) is 11.3. The fraction of sp³-hybridized carbons (Fsp3) is 0.846. The van der Waals surface area contributed by atoms with Gasteiger partial charge < -0.3 is 10.3 Å². The molecular formula is C13H26N4. The highest BCUT2D eigenvalue weighted by Gasteiger charge is 2.09. The van der Waals surface area contributed by atoms with E-state index in [9.17, 15) is 0 Å². The van der Waals surface area contributed by atoms with Crippen LogP contribution in [0.15, 0.2) is 0 Å². The molecule has 0 atom stereocenters. The number of rotatable bonds is 9. The molecule has 0 aliphatic rings. The first-order valence-corrected chi connectivity index (χ1v) is 6.94. The maximum Gasteiger partial charge on any atom is 0.146 e. The van der Waals surface area contributed by atoms with Crippen LogP contribution in [0.5, 0.6) is 0 Å². The fourth-order valence-electron chi connectivity index (χ4n) is 2.08. The van der Waals surface area contributed by atoms with E-state index < -0.39 is 0 Å². The number of hydrogen-bond acceptors (Lipinski definition) is 3. The van der Waals surface area contributed by atoms with Crippen molar-refractivity contribution in [2.45, 2.75) is 71.9 Å². The molecule has 0 amide bonds. The zero-order valence-corrected chi connectivity index (χ0v) is 11.3. The van der Waals surface area contributed by atoms with Crippen molar-refractivity contribution in [1.82, 2.24) is 14.8 Å². The van der Waals surface area contributed by atoms with E-state index in [1.165, 1.54) is 32.1 Å². The molecule has 1 aromatic heterocycles. The largest absolute Gasteiger partial charge is 0.324 e. The Hall–Kier alpha value is -0.900. The lowest BCUT2D eigenvalue weighted by Gasteiger charge is -2.07. The van der Waals surface area contributed by atoms with Gasteiger partial charge in [0.15, 0.2) is 0 Å². The summed E-state index contributed by atoms with van der Waals surface area (Å²) in [6, 6.07) is 0. The Balaban J connectivity index is 2.43. The van der Waals surface area contributed by atoms with Crippen LogP contribution in [-0.4, -0.2) is 14.8 Å². The van der Waals surface area contributed by atoms with E-state index in [2.05, 4.69) is 28.6 Å². The van der Waals surface area contributed by atoms with Crippen molar-refractivity contribution < 1.29 is 0 Å². The van der Waals surface area contributed by atoms with Gasteiger partial charge in [0.2, 0.25) is 0 Å². The lowest BCUT2D eigenvalue weighted by atomic mass is 10.1. The van der Waals surface area contributed by atoms with E-state index in [0.29, 0.717) is 6.54 Å². The SMILES string of the molecule is CCCCCCCc1nnc(CN)n1CCC. The molecule has 0 saturated carbocycles. The van der Waals surface area contributed by atoms with Crippen molar-refractivity contribution in [3.05, 3.63) is 11.6 Å². The van der Waals surface area contributed by atoms with E-state index in [4.69, 9.17) is 5.73 Å². The van der Waals surface area contributed by atoms with Crippen LogP contribution in [0.25, 0.3) is 0 Å². The third-order valence-corrected chi connectivity index (χ3v) is 3.04. The molecule has 0 fully saturated rings. The molecule has 0 bridgehead atoms. The van der Waals surface area contributed by atoms with Crippen LogP contribution in [0.1, 0.15) is 64.0 Å². The zero-order chi connectivity index (χ0) is 12.5. The summed E-state index contributed by atoms with van der Waals surface area (Å²) in [5, 5.41) is 8.41. The highest BCUT2D eigenvalue weighted by molar-refractivity contribution is 4.95. The molecule has 2 N–H and O–H groups in total. The first kappa shape index (κ1) is 14.2. The summed E-state index contributed by atoms with van der Waals surface area (Å²) < 4.78 is 2.19. The smallest absolute Gasteiger partial charge is 0.146 e. The Bertz CT molecular complexity index is 306. The van der Waals surface area contributed by atoms with E-state index in [-0.39, 0.29) is 0 Å². The molecule has 0 spiro atoms. The Morgan fingerprint density at radius 2 is 1.65 bits per heavy atom. The summed E-state index contributed by atoms with van der Waals surface area (Å²) in [5.74, 6) is 2.04. The van der Waals surface area contributed by atoms with Crippen LogP contribution >= 0.6 is 0 Å². The molecule has 0 unspecified atom stereocenters. The third kappa shape index (κ3) is 4.46. The fourth-order valence-corrected chi connectivity index (χ4v) is 2.08. The van der Waals surface area contributed by atoms with Gasteiger partial charge in [-0.05, 0) is 12.8 Å². The van der Waals surface area contributed by atoms with Gasteiger partial charge in [-0.3, -0.25) is 0 Å². The maximum atomic E-state index is 5.67. The van der Waals surface area contributed by atoms with Gasteiger partial charge in [-0.15, -0.1) is 10.2 Å². The monoisotopic (exact) mass is 238 g/mol. The molecule has 4 nitrogen and oxygen atoms in total. The van der Waals surface area contributed by atoms with E-state index in [1.807, 2.05) is 0 Å². The Labute approximate surface area is 105 Å². The second-order valence-corrected chi connectivity index (χ2v) is 4.55. The van der Waals surface area contributed by atoms with Crippen molar-refractivity contribution in [1.29, 1.82) is 0 Å². The average molecular weight is 238 g/mol. The molecule has 1 rings (SSSR count). The second-order valence-electron chi connectivity index (χ2n) is 4.55. The summed E-state index contributed by atoms with van der Waals surface area (Å²) in [7, 11) is 0. The van der Waals surface area contributed by atoms with Gasteiger partial charge in [0, 0.05) is 13.0 Å². The molecule has 0 aliphatic heterocycles. The van der Waals surface area contributed by atoms with Crippen molar-refractivity contribution in [3.8, 4) is 0 Å². The first-order valence-electron chi connectivity index (χ1n) is 6.94. The maximum absolute atomic E-state index is 5.67. The van der Waals surface area contributed by atoms with Gasteiger partial charge in [-0.1, -0.05) is 39.5 Å². The average Bonchev–Trinajstić information content (AvgIpc) is 2.72. The van der Waals surface area contributed by atoms with Gasteiger partial charge in [-0.25, -0.2) is 0 Å². The third-order valence-electron chi connectivity index (χ3n) is 3.04. The minimum Gasteiger partial charge on any atom is -0.324 e.